The van der Waals surface area contributed by atoms with Gasteiger partial charge in [-0.15, -0.1) is 0 Å². The van der Waals surface area contributed by atoms with E-state index in [0.717, 1.165) is 25.7 Å². The molecule has 0 spiro atoms. The van der Waals surface area contributed by atoms with Gasteiger partial charge in [0.05, 0.1) is 11.3 Å². The molecular weight excluding hydrogens is 244 g/mol. The first-order valence-electron chi connectivity index (χ1n) is 6.99. The zero-order valence-corrected chi connectivity index (χ0v) is 11.1. The van der Waals surface area contributed by atoms with E-state index in [1.54, 1.807) is 12.2 Å². The number of aliphatic carboxylic acids is 1. The van der Waals surface area contributed by atoms with Crippen LogP contribution >= 0.6 is 0 Å². The van der Waals surface area contributed by atoms with Crippen LogP contribution < -0.4 is 11.1 Å². The van der Waals surface area contributed by atoms with Gasteiger partial charge in [0.2, 0.25) is 5.91 Å². The quantitative estimate of drug-likeness (QED) is 0.663. The summed E-state index contributed by atoms with van der Waals surface area (Å²) < 4.78 is 0. The van der Waals surface area contributed by atoms with Crippen LogP contribution in [0.15, 0.2) is 12.2 Å². The molecule has 106 valence electrons. The molecule has 0 heterocycles. The van der Waals surface area contributed by atoms with Gasteiger partial charge < -0.3 is 16.2 Å². The SMILES string of the molecule is NCC1(C(=O)NC2C=CC(C(=O)O)C2)CCCCC1. The highest BCUT2D eigenvalue weighted by atomic mass is 16.4. The van der Waals surface area contributed by atoms with Crippen molar-refractivity contribution in [3.05, 3.63) is 12.2 Å². The molecule has 0 aromatic carbocycles. The Morgan fingerprint density at radius 3 is 2.47 bits per heavy atom. The molecule has 0 saturated heterocycles. The molecule has 2 atom stereocenters. The summed E-state index contributed by atoms with van der Waals surface area (Å²) in [5, 5.41) is 11.9. The first kappa shape index (κ1) is 14.1. The molecule has 1 fully saturated rings. The molecule has 5 heteroatoms. The number of carboxylic acid groups (broad SMARTS) is 1. The first-order chi connectivity index (χ1) is 9.07. The third-order valence-electron chi connectivity index (χ3n) is 4.40. The van der Waals surface area contributed by atoms with Gasteiger partial charge in [-0.3, -0.25) is 9.59 Å². The van der Waals surface area contributed by atoms with E-state index in [1.165, 1.54) is 6.42 Å². The van der Waals surface area contributed by atoms with Crippen molar-refractivity contribution >= 4 is 11.9 Å². The Bertz CT molecular complexity index is 386. The molecule has 19 heavy (non-hydrogen) atoms. The molecule has 0 aromatic heterocycles. The molecule has 0 aliphatic heterocycles. The van der Waals surface area contributed by atoms with Crippen LogP contribution in [0.2, 0.25) is 0 Å². The van der Waals surface area contributed by atoms with Crippen molar-refractivity contribution in [1.82, 2.24) is 5.32 Å². The minimum absolute atomic E-state index is 0.00427. The monoisotopic (exact) mass is 266 g/mol. The summed E-state index contributed by atoms with van der Waals surface area (Å²) in [6.45, 7) is 0.373. The average molecular weight is 266 g/mol. The predicted molar refractivity (Wildman–Crippen MR) is 71.4 cm³/mol. The summed E-state index contributed by atoms with van der Waals surface area (Å²) in [7, 11) is 0. The number of hydrogen-bond donors (Lipinski definition) is 3. The average Bonchev–Trinajstić information content (AvgIpc) is 2.88. The van der Waals surface area contributed by atoms with E-state index in [1.807, 2.05) is 0 Å². The smallest absolute Gasteiger partial charge is 0.310 e. The van der Waals surface area contributed by atoms with E-state index in [2.05, 4.69) is 5.32 Å². The maximum atomic E-state index is 12.4. The fraction of sp³-hybridized carbons (Fsp3) is 0.714. The molecule has 1 saturated carbocycles. The number of amides is 1. The molecule has 2 unspecified atom stereocenters. The third kappa shape index (κ3) is 2.97. The summed E-state index contributed by atoms with van der Waals surface area (Å²) in [6.07, 6.45) is 8.82. The lowest BCUT2D eigenvalue weighted by Crippen LogP contribution is -2.49. The summed E-state index contributed by atoms with van der Waals surface area (Å²) in [4.78, 5) is 23.3. The lowest BCUT2D eigenvalue weighted by molar-refractivity contribution is -0.140. The lowest BCUT2D eigenvalue weighted by Gasteiger charge is -2.35. The lowest BCUT2D eigenvalue weighted by atomic mass is 9.73. The van der Waals surface area contributed by atoms with Crippen molar-refractivity contribution in [2.45, 2.75) is 44.6 Å². The van der Waals surface area contributed by atoms with Crippen molar-refractivity contribution in [3.63, 3.8) is 0 Å². The Morgan fingerprint density at radius 2 is 1.95 bits per heavy atom. The van der Waals surface area contributed by atoms with Gasteiger partial charge >= 0.3 is 5.97 Å². The van der Waals surface area contributed by atoms with Crippen LogP contribution in [0.25, 0.3) is 0 Å². The summed E-state index contributed by atoms with van der Waals surface area (Å²) in [5.74, 6) is -1.32. The number of hydrogen-bond acceptors (Lipinski definition) is 3. The van der Waals surface area contributed by atoms with Crippen LogP contribution in [-0.2, 0) is 9.59 Å². The predicted octanol–water partition coefficient (Wildman–Crippen LogP) is 1.04. The Balaban J connectivity index is 1.94. The number of carbonyl (C=O) groups is 2. The Kier molecular flexibility index (Phi) is 4.24. The minimum atomic E-state index is -0.834. The topological polar surface area (TPSA) is 92.4 Å². The fourth-order valence-corrected chi connectivity index (χ4v) is 3.06. The van der Waals surface area contributed by atoms with Gasteiger partial charge in [-0.2, -0.15) is 0 Å². The first-order valence-corrected chi connectivity index (χ1v) is 6.99. The van der Waals surface area contributed by atoms with E-state index < -0.39 is 17.3 Å². The van der Waals surface area contributed by atoms with Crippen molar-refractivity contribution in [2.24, 2.45) is 17.1 Å². The summed E-state index contributed by atoms with van der Waals surface area (Å²) >= 11 is 0. The zero-order chi connectivity index (χ0) is 13.9. The van der Waals surface area contributed by atoms with Gasteiger partial charge in [0, 0.05) is 12.6 Å². The van der Waals surface area contributed by atoms with Gasteiger partial charge in [0.1, 0.15) is 0 Å². The van der Waals surface area contributed by atoms with Crippen molar-refractivity contribution in [2.75, 3.05) is 6.54 Å². The fourth-order valence-electron chi connectivity index (χ4n) is 3.06. The second-order valence-corrected chi connectivity index (χ2v) is 5.69. The van der Waals surface area contributed by atoms with Gasteiger partial charge in [-0.25, -0.2) is 0 Å². The summed E-state index contributed by atoms with van der Waals surface area (Å²) in [6, 6.07) is -0.168. The molecule has 2 aliphatic carbocycles. The van der Waals surface area contributed by atoms with Crippen LogP contribution in [0.5, 0.6) is 0 Å². The van der Waals surface area contributed by atoms with E-state index in [9.17, 15) is 9.59 Å². The van der Waals surface area contributed by atoms with Crippen LogP contribution in [0.3, 0.4) is 0 Å². The maximum Gasteiger partial charge on any atom is 0.310 e. The van der Waals surface area contributed by atoms with Crippen molar-refractivity contribution in [1.29, 1.82) is 0 Å². The minimum Gasteiger partial charge on any atom is -0.481 e. The van der Waals surface area contributed by atoms with Gasteiger partial charge in [0.15, 0.2) is 0 Å². The molecule has 2 rings (SSSR count). The summed E-state index contributed by atoms with van der Waals surface area (Å²) in [5.41, 5.74) is 5.38. The molecule has 2 aliphatic rings. The molecule has 0 bridgehead atoms. The maximum absolute atomic E-state index is 12.4. The molecule has 5 nitrogen and oxygen atoms in total. The normalized spacial score (nSPS) is 29.1. The number of nitrogens with one attached hydrogen (secondary N) is 1. The highest BCUT2D eigenvalue weighted by Crippen LogP contribution is 2.36. The Morgan fingerprint density at radius 1 is 1.26 bits per heavy atom. The molecular formula is C14H22N2O3. The highest BCUT2D eigenvalue weighted by molar-refractivity contribution is 5.84. The standard InChI is InChI=1S/C14H22N2O3/c15-9-14(6-2-1-3-7-14)13(19)16-11-5-4-10(8-11)12(17)18/h4-5,10-11H,1-3,6-9,15H2,(H,16,19)(H,17,18). The molecule has 4 N–H and O–H groups in total. The van der Waals surface area contributed by atoms with Gasteiger partial charge in [-0.05, 0) is 19.3 Å². The van der Waals surface area contributed by atoms with Crippen LogP contribution in [0.1, 0.15) is 38.5 Å². The van der Waals surface area contributed by atoms with Crippen LogP contribution in [-0.4, -0.2) is 29.6 Å². The number of rotatable bonds is 4. The zero-order valence-electron chi connectivity index (χ0n) is 11.1. The van der Waals surface area contributed by atoms with Crippen LogP contribution in [0.4, 0.5) is 0 Å². The van der Waals surface area contributed by atoms with Gasteiger partial charge in [0.25, 0.3) is 0 Å². The van der Waals surface area contributed by atoms with Gasteiger partial charge in [-0.1, -0.05) is 31.4 Å². The highest BCUT2D eigenvalue weighted by Gasteiger charge is 2.39. The Labute approximate surface area is 113 Å². The number of nitrogens with two attached hydrogens (primary N) is 1. The van der Waals surface area contributed by atoms with E-state index in [0.29, 0.717) is 13.0 Å². The molecule has 1 amide bonds. The van der Waals surface area contributed by atoms with Crippen LogP contribution in [0, 0.1) is 11.3 Å². The van der Waals surface area contributed by atoms with E-state index in [-0.39, 0.29) is 11.9 Å². The van der Waals surface area contributed by atoms with E-state index >= 15 is 0 Å². The molecule has 0 radical (unpaired) electrons. The van der Waals surface area contributed by atoms with E-state index in [4.69, 9.17) is 10.8 Å². The van der Waals surface area contributed by atoms with Crippen molar-refractivity contribution < 1.29 is 14.7 Å². The second kappa shape index (κ2) is 5.74. The second-order valence-electron chi connectivity index (χ2n) is 5.69. The van der Waals surface area contributed by atoms with Crippen molar-refractivity contribution in [3.8, 4) is 0 Å². The largest absolute Gasteiger partial charge is 0.481 e. The number of carboxylic acids is 1. The third-order valence-corrected chi connectivity index (χ3v) is 4.40. The Hall–Kier alpha value is -1.36. The molecule has 0 aromatic rings. The number of carbonyl (C=O) groups excluding carboxylic acids is 1.